The molecule has 2 N–H and O–H groups in total. The summed E-state index contributed by atoms with van der Waals surface area (Å²) in [6.07, 6.45) is 0.811. The van der Waals surface area contributed by atoms with Crippen LogP contribution in [0.1, 0.15) is 20.3 Å². The molecule has 0 radical (unpaired) electrons. The van der Waals surface area contributed by atoms with Gasteiger partial charge < -0.3 is 20.1 Å². The van der Waals surface area contributed by atoms with Crippen molar-refractivity contribution in [3.05, 3.63) is 30.1 Å². The molecular formula is C16H27FIN3O2. The number of nitrogens with one attached hydrogen (secondary N) is 2. The molecule has 1 aromatic carbocycles. The van der Waals surface area contributed by atoms with Crippen molar-refractivity contribution in [2.45, 2.75) is 25.9 Å². The third kappa shape index (κ3) is 9.60. The van der Waals surface area contributed by atoms with Crippen LogP contribution < -0.4 is 15.4 Å². The molecule has 0 aliphatic carbocycles. The summed E-state index contributed by atoms with van der Waals surface area (Å²) in [5, 5.41) is 6.41. The van der Waals surface area contributed by atoms with E-state index < -0.39 is 0 Å². The van der Waals surface area contributed by atoms with Crippen LogP contribution in [0, 0.1) is 5.82 Å². The summed E-state index contributed by atoms with van der Waals surface area (Å²) in [6.45, 7) is 5.95. The van der Waals surface area contributed by atoms with Gasteiger partial charge in [-0.25, -0.2) is 4.39 Å². The van der Waals surface area contributed by atoms with E-state index in [-0.39, 0.29) is 35.4 Å². The van der Waals surface area contributed by atoms with Crippen LogP contribution in [-0.2, 0) is 4.74 Å². The van der Waals surface area contributed by atoms with Gasteiger partial charge in [-0.05, 0) is 44.5 Å². The van der Waals surface area contributed by atoms with Crippen LogP contribution in [0.3, 0.4) is 0 Å². The minimum Gasteiger partial charge on any atom is -0.494 e. The third-order valence-electron chi connectivity index (χ3n) is 3.15. The van der Waals surface area contributed by atoms with Gasteiger partial charge in [0, 0.05) is 27.2 Å². The number of nitrogens with zero attached hydrogens (tertiary/aromatic N) is 1. The number of aliphatic imine (C=N–C) groups is 1. The zero-order chi connectivity index (χ0) is 16.4. The van der Waals surface area contributed by atoms with Gasteiger partial charge in [0.1, 0.15) is 11.6 Å². The van der Waals surface area contributed by atoms with Crippen LogP contribution in [0.15, 0.2) is 29.3 Å². The van der Waals surface area contributed by atoms with E-state index in [0.717, 1.165) is 18.9 Å². The normalized spacial score (nSPS) is 11.6. The number of hydrogen-bond donors (Lipinski definition) is 2. The molecule has 1 aromatic rings. The highest BCUT2D eigenvalue weighted by Crippen LogP contribution is 2.10. The Bertz CT molecular complexity index is 467. The van der Waals surface area contributed by atoms with E-state index in [1.165, 1.54) is 12.1 Å². The van der Waals surface area contributed by atoms with Crippen LogP contribution >= 0.6 is 24.0 Å². The van der Waals surface area contributed by atoms with Gasteiger partial charge in [-0.3, -0.25) is 4.99 Å². The molecule has 0 bridgehead atoms. The molecule has 7 heteroatoms. The zero-order valence-corrected chi connectivity index (χ0v) is 16.5. The average Bonchev–Trinajstić information content (AvgIpc) is 2.51. The van der Waals surface area contributed by atoms with Gasteiger partial charge in [-0.15, -0.1) is 24.0 Å². The Labute approximate surface area is 155 Å². The Morgan fingerprint density at radius 2 is 1.87 bits per heavy atom. The molecule has 132 valence electrons. The molecule has 0 saturated heterocycles. The van der Waals surface area contributed by atoms with Gasteiger partial charge in [0.25, 0.3) is 0 Å². The van der Waals surface area contributed by atoms with Crippen molar-refractivity contribution >= 4 is 29.9 Å². The molecule has 0 aliphatic rings. The van der Waals surface area contributed by atoms with Gasteiger partial charge in [-0.2, -0.15) is 0 Å². The van der Waals surface area contributed by atoms with Crippen molar-refractivity contribution in [2.75, 3.05) is 33.9 Å². The van der Waals surface area contributed by atoms with Crippen LogP contribution in [0.25, 0.3) is 0 Å². The highest BCUT2D eigenvalue weighted by molar-refractivity contribution is 14.0. The van der Waals surface area contributed by atoms with Crippen LogP contribution in [-0.4, -0.2) is 45.4 Å². The topological polar surface area (TPSA) is 54.9 Å². The lowest BCUT2D eigenvalue weighted by Crippen LogP contribution is -2.45. The first-order valence-electron chi connectivity index (χ1n) is 7.35. The van der Waals surface area contributed by atoms with E-state index in [2.05, 4.69) is 15.6 Å². The number of hydrogen-bond acceptors (Lipinski definition) is 3. The Kier molecular flexibility index (Phi) is 10.9. The molecule has 5 nitrogen and oxygen atoms in total. The molecule has 0 spiro atoms. The minimum atomic E-state index is -0.261. The summed E-state index contributed by atoms with van der Waals surface area (Å²) in [5.74, 6) is 1.14. The van der Waals surface area contributed by atoms with Crippen molar-refractivity contribution in [2.24, 2.45) is 4.99 Å². The molecule has 0 saturated carbocycles. The van der Waals surface area contributed by atoms with Gasteiger partial charge in [0.2, 0.25) is 0 Å². The first-order chi connectivity index (χ1) is 10.5. The Hall–Kier alpha value is -1.09. The lowest BCUT2D eigenvalue weighted by atomic mass is 10.1. The molecule has 0 unspecified atom stereocenters. The molecule has 23 heavy (non-hydrogen) atoms. The molecule has 0 aromatic heterocycles. The van der Waals surface area contributed by atoms with Gasteiger partial charge in [0.05, 0.1) is 12.2 Å². The van der Waals surface area contributed by atoms with Gasteiger partial charge >= 0.3 is 0 Å². The van der Waals surface area contributed by atoms with Crippen molar-refractivity contribution < 1.29 is 13.9 Å². The molecule has 0 fully saturated rings. The standard InChI is InChI=1S/C16H26FN3O2.HI/c1-16(2,21-4)12-20-15(18-3)19-10-5-11-22-14-8-6-13(17)7-9-14;/h6-9H,5,10-12H2,1-4H3,(H2,18,19,20);1H. The SMILES string of the molecule is CN=C(NCCCOc1ccc(F)cc1)NCC(C)(C)OC.I. The first-order valence-corrected chi connectivity index (χ1v) is 7.35. The zero-order valence-electron chi connectivity index (χ0n) is 14.2. The molecular weight excluding hydrogens is 412 g/mol. The predicted octanol–water partition coefficient (Wildman–Crippen LogP) is 2.80. The third-order valence-corrected chi connectivity index (χ3v) is 3.15. The number of rotatable bonds is 8. The second-order valence-corrected chi connectivity index (χ2v) is 5.47. The Morgan fingerprint density at radius 3 is 2.43 bits per heavy atom. The van der Waals surface area contributed by atoms with E-state index in [4.69, 9.17) is 9.47 Å². The lowest BCUT2D eigenvalue weighted by molar-refractivity contribution is 0.0268. The van der Waals surface area contributed by atoms with E-state index >= 15 is 0 Å². The van der Waals surface area contributed by atoms with Gasteiger partial charge in [0.15, 0.2) is 5.96 Å². The molecule has 0 aliphatic heterocycles. The number of halogens is 2. The fourth-order valence-electron chi connectivity index (χ4n) is 1.59. The van der Waals surface area contributed by atoms with Crippen LogP contribution in [0.2, 0.25) is 0 Å². The molecule has 1 rings (SSSR count). The number of methoxy groups -OCH3 is 1. The predicted molar refractivity (Wildman–Crippen MR) is 102 cm³/mol. The first kappa shape index (κ1) is 21.9. The highest BCUT2D eigenvalue weighted by Gasteiger charge is 2.16. The van der Waals surface area contributed by atoms with Gasteiger partial charge in [-0.1, -0.05) is 0 Å². The largest absolute Gasteiger partial charge is 0.494 e. The average molecular weight is 439 g/mol. The second-order valence-electron chi connectivity index (χ2n) is 5.47. The summed E-state index contributed by atoms with van der Waals surface area (Å²) in [5.41, 5.74) is -0.247. The highest BCUT2D eigenvalue weighted by atomic mass is 127. The maximum atomic E-state index is 12.7. The summed E-state index contributed by atoms with van der Waals surface area (Å²) in [4.78, 5) is 4.15. The Balaban J connectivity index is 0.00000484. The maximum absolute atomic E-state index is 12.7. The summed E-state index contributed by atoms with van der Waals surface area (Å²) in [7, 11) is 3.41. The van der Waals surface area contributed by atoms with Crippen LogP contribution in [0.5, 0.6) is 5.75 Å². The smallest absolute Gasteiger partial charge is 0.191 e. The number of ether oxygens (including phenoxy) is 2. The van der Waals surface area contributed by atoms with Crippen molar-refractivity contribution in [3.8, 4) is 5.75 Å². The van der Waals surface area contributed by atoms with Crippen molar-refractivity contribution in [3.63, 3.8) is 0 Å². The maximum Gasteiger partial charge on any atom is 0.191 e. The lowest BCUT2D eigenvalue weighted by Gasteiger charge is -2.24. The van der Waals surface area contributed by atoms with E-state index in [0.29, 0.717) is 18.9 Å². The number of guanidine groups is 1. The van der Waals surface area contributed by atoms with E-state index in [1.54, 1.807) is 26.3 Å². The van der Waals surface area contributed by atoms with Crippen molar-refractivity contribution in [1.82, 2.24) is 10.6 Å². The minimum absolute atomic E-state index is 0. The fourth-order valence-corrected chi connectivity index (χ4v) is 1.59. The second kappa shape index (κ2) is 11.4. The van der Waals surface area contributed by atoms with Crippen LogP contribution in [0.4, 0.5) is 4.39 Å². The number of benzene rings is 1. The summed E-state index contributed by atoms with van der Waals surface area (Å²) >= 11 is 0. The fraction of sp³-hybridized carbons (Fsp3) is 0.562. The molecule has 0 heterocycles. The monoisotopic (exact) mass is 439 g/mol. The Morgan fingerprint density at radius 1 is 1.22 bits per heavy atom. The molecule has 0 amide bonds. The van der Waals surface area contributed by atoms with E-state index in [1.807, 2.05) is 13.8 Å². The molecule has 0 atom stereocenters. The summed E-state index contributed by atoms with van der Waals surface area (Å²) < 4.78 is 23.6. The van der Waals surface area contributed by atoms with E-state index in [9.17, 15) is 4.39 Å². The quantitative estimate of drug-likeness (QED) is 0.283. The summed E-state index contributed by atoms with van der Waals surface area (Å²) in [6, 6.07) is 6.01. The van der Waals surface area contributed by atoms with Crippen molar-refractivity contribution in [1.29, 1.82) is 0 Å².